The van der Waals surface area contributed by atoms with Crippen LogP contribution < -0.4 is 16.0 Å². The number of rotatable bonds is 7. The van der Waals surface area contributed by atoms with Crippen molar-refractivity contribution in [1.82, 2.24) is 10.6 Å². The highest BCUT2D eigenvalue weighted by atomic mass is 35.5. The van der Waals surface area contributed by atoms with E-state index in [4.69, 9.17) is 11.6 Å². The largest absolute Gasteiger partial charge is 0.352 e. The Kier molecular flexibility index (Phi) is 6.98. The minimum atomic E-state index is -0.179. The zero-order chi connectivity index (χ0) is 18.2. The van der Waals surface area contributed by atoms with Crippen LogP contribution in [-0.2, 0) is 4.79 Å². The van der Waals surface area contributed by atoms with Gasteiger partial charge in [-0.2, -0.15) is 0 Å². The van der Waals surface area contributed by atoms with Gasteiger partial charge in [0, 0.05) is 28.9 Å². The molecule has 0 fully saturated rings. The summed E-state index contributed by atoms with van der Waals surface area (Å²) in [5, 5.41) is 9.34. The predicted octanol–water partition coefficient (Wildman–Crippen LogP) is 3.38. The Morgan fingerprint density at radius 1 is 1.12 bits per heavy atom. The number of halogens is 1. The van der Waals surface area contributed by atoms with Gasteiger partial charge >= 0.3 is 0 Å². The number of hydrogen-bond acceptors (Lipinski definition) is 3. The van der Waals surface area contributed by atoms with E-state index < -0.39 is 0 Å². The molecular formula is C19H22ClN3O2. The molecule has 0 aliphatic heterocycles. The summed E-state index contributed by atoms with van der Waals surface area (Å²) in [5.41, 5.74) is 2.12. The molecule has 1 atom stereocenters. The van der Waals surface area contributed by atoms with E-state index in [9.17, 15) is 9.59 Å². The lowest BCUT2D eigenvalue weighted by Gasteiger charge is -2.14. The van der Waals surface area contributed by atoms with Crippen LogP contribution >= 0.6 is 11.6 Å². The lowest BCUT2D eigenvalue weighted by Crippen LogP contribution is -2.30. The number of benzene rings is 2. The van der Waals surface area contributed by atoms with E-state index >= 15 is 0 Å². The third-order valence-corrected chi connectivity index (χ3v) is 3.90. The van der Waals surface area contributed by atoms with Gasteiger partial charge in [0.25, 0.3) is 5.91 Å². The van der Waals surface area contributed by atoms with Crippen molar-refractivity contribution in [2.75, 3.05) is 18.4 Å². The molecule has 2 amide bonds. The average molecular weight is 360 g/mol. The lowest BCUT2D eigenvalue weighted by atomic mass is 10.1. The first kappa shape index (κ1) is 19.0. The van der Waals surface area contributed by atoms with Crippen LogP contribution in [-0.4, -0.2) is 24.9 Å². The van der Waals surface area contributed by atoms with E-state index in [1.165, 1.54) is 0 Å². The molecule has 0 bridgehead atoms. The second kappa shape index (κ2) is 9.20. The van der Waals surface area contributed by atoms with Crippen LogP contribution in [0.15, 0.2) is 48.5 Å². The summed E-state index contributed by atoms with van der Waals surface area (Å²) in [6.07, 6.45) is 0. The zero-order valence-corrected chi connectivity index (χ0v) is 15.1. The Bertz CT molecular complexity index is 749. The number of carbonyl (C=O) groups excluding carboxylic acids is 2. The van der Waals surface area contributed by atoms with Crippen molar-refractivity contribution < 1.29 is 9.59 Å². The van der Waals surface area contributed by atoms with E-state index in [-0.39, 0.29) is 24.4 Å². The molecule has 0 aliphatic carbocycles. The zero-order valence-electron chi connectivity index (χ0n) is 14.3. The van der Waals surface area contributed by atoms with Crippen molar-refractivity contribution in [2.45, 2.75) is 19.9 Å². The molecule has 0 saturated carbocycles. The van der Waals surface area contributed by atoms with E-state index in [1.54, 1.807) is 24.3 Å². The molecule has 2 aromatic carbocycles. The summed E-state index contributed by atoms with van der Waals surface area (Å²) in [7, 11) is 0. The van der Waals surface area contributed by atoms with Crippen molar-refractivity contribution in [3.05, 3.63) is 64.7 Å². The average Bonchev–Trinajstić information content (AvgIpc) is 2.60. The van der Waals surface area contributed by atoms with Gasteiger partial charge in [0.2, 0.25) is 5.91 Å². The fourth-order valence-electron chi connectivity index (χ4n) is 2.35. The number of carbonyl (C=O) groups is 2. The third kappa shape index (κ3) is 5.89. The fourth-order valence-corrected chi connectivity index (χ4v) is 2.54. The minimum Gasteiger partial charge on any atom is -0.352 e. The van der Waals surface area contributed by atoms with Crippen molar-refractivity contribution in [3.63, 3.8) is 0 Å². The molecule has 0 aliphatic rings. The molecule has 2 rings (SSSR count). The van der Waals surface area contributed by atoms with Gasteiger partial charge in [0.05, 0.1) is 6.54 Å². The molecule has 0 saturated heterocycles. The van der Waals surface area contributed by atoms with Gasteiger partial charge in [-0.15, -0.1) is 0 Å². The Labute approximate surface area is 152 Å². The van der Waals surface area contributed by atoms with Gasteiger partial charge in [-0.1, -0.05) is 29.8 Å². The molecule has 5 nitrogen and oxygen atoms in total. The summed E-state index contributed by atoms with van der Waals surface area (Å²) in [6.45, 7) is 4.53. The van der Waals surface area contributed by atoms with Gasteiger partial charge in [-0.05, 0) is 49.7 Å². The Balaban J connectivity index is 1.90. The van der Waals surface area contributed by atoms with Crippen LogP contribution in [0.3, 0.4) is 0 Å². The molecule has 25 heavy (non-hydrogen) atoms. The number of nitrogens with one attached hydrogen (secondary N) is 3. The van der Waals surface area contributed by atoms with Crippen LogP contribution in [0.2, 0.25) is 5.02 Å². The molecule has 6 heteroatoms. The predicted molar refractivity (Wildman–Crippen MR) is 101 cm³/mol. The highest BCUT2D eigenvalue weighted by molar-refractivity contribution is 6.30. The lowest BCUT2D eigenvalue weighted by molar-refractivity contribution is -0.115. The Morgan fingerprint density at radius 2 is 1.88 bits per heavy atom. The molecule has 0 spiro atoms. The van der Waals surface area contributed by atoms with Crippen LogP contribution in [0.1, 0.15) is 35.8 Å². The second-order valence-electron chi connectivity index (χ2n) is 5.65. The standard InChI is InChI=1S/C19H22ClN3O2/c1-3-21-19(25)15-7-5-9-17(11-15)23-18(24)12-22-13(2)14-6-4-8-16(20)10-14/h4-11,13,22H,3,12H2,1-2H3,(H,21,25)(H,23,24)/t13-/m1/s1. The third-order valence-electron chi connectivity index (χ3n) is 3.66. The molecule has 0 unspecified atom stereocenters. The summed E-state index contributed by atoms with van der Waals surface area (Å²) in [6, 6.07) is 14.4. The van der Waals surface area contributed by atoms with Gasteiger partial charge in [-0.3, -0.25) is 9.59 Å². The van der Waals surface area contributed by atoms with Gasteiger partial charge in [0.15, 0.2) is 0 Å². The summed E-state index contributed by atoms with van der Waals surface area (Å²) >= 11 is 5.98. The summed E-state index contributed by atoms with van der Waals surface area (Å²) in [5.74, 6) is -0.340. The number of anilines is 1. The molecule has 132 valence electrons. The van der Waals surface area contributed by atoms with E-state index in [0.29, 0.717) is 22.8 Å². The van der Waals surface area contributed by atoms with Crippen molar-refractivity contribution in [3.8, 4) is 0 Å². The van der Waals surface area contributed by atoms with E-state index in [0.717, 1.165) is 5.56 Å². The first-order valence-electron chi connectivity index (χ1n) is 8.16. The highest BCUT2D eigenvalue weighted by Crippen LogP contribution is 2.17. The Hall–Kier alpha value is -2.37. The van der Waals surface area contributed by atoms with Crippen molar-refractivity contribution in [1.29, 1.82) is 0 Å². The first-order valence-corrected chi connectivity index (χ1v) is 8.54. The molecule has 0 aromatic heterocycles. The normalized spacial score (nSPS) is 11.6. The maximum absolute atomic E-state index is 12.1. The number of amides is 2. The molecule has 3 N–H and O–H groups in total. The van der Waals surface area contributed by atoms with Crippen molar-refractivity contribution in [2.24, 2.45) is 0 Å². The monoisotopic (exact) mass is 359 g/mol. The minimum absolute atomic E-state index is 0.00823. The maximum atomic E-state index is 12.1. The topological polar surface area (TPSA) is 70.2 Å². The van der Waals surface area contributed by atoms with Crippen LogP contribution in [0.5, 0.6) is 0 Å². The van der Waals surface area contributed by atoms with E-state index in [1.807, 2.05) is 38.1 Å². The smallest absolute Gasteiger partial charge is 0.251 e. The molecule has 0 heterocycles. The number of hydrogen-bond donors (Lipinski definition) is 3. The molecule has 2 aromatic rings. The SMILES string of the molecule is CCNC(=O)c1cccc(NC(=O)CN[C@H](C)c2cccc(Cl)c2)c1. The van der Waals surface area contributed by atoms with Crippen LogP contribution in [0, 0.1) is 0 Å². The highest BCUT2D eigenvalue weighted by Gasteiger charge is 2.10. The van der Waals surface area contributed by atoms with Crippen LogP contribution in [0.25, 0.3) is 0 Å². The molecule has 0 radical (unpaired) electrons. The maximum Gasteiger partial charge on any atom is 0.251 e. The van der Waals surface area contributed by atoms with Gasteiger partial charge in [0.1, 0.15) is 0 Å². The summed E-state index contributed by atoms with van der Waals surface area (Å²) in [4.78, 5) is 24.0. The van der Waals surface area contributed by atoms with Gasteiger partial charge in [-0.25, -0.2) is 0 Å². The Morgan fingerprint density at radius 3 is 2.60 bits per heavy atom. The summed E-state index contributed by atoms with van der Waals surface area (Å²) < 4.78 is 0. The second-order valence-corrected chi connectivity index (χ2v) is 6.08. The molecular weight excluding hydrogens is 338 g/mol. The first-order chi connectivity index (χ1) is 12.0. The van der Waals surface area contributed by atoms with E-state index in [2.05, 4.69) is 16.0 Å². The van der Waals surface area contributed by atoms with Gasteiger partial charge < -0.3 is 16.0 Å². The quantitative estimate of drug-likeness (QED) is 0.709. The fraction of sp³-hybridized carbons (Fsp3) is 0.263. The van der Waals surface area contributed by atoms with Crippen molar-refractivity contribution >= 4 is 29.1 Å². The van der Waals surface area contributed by atoms with Crippen LogP contribution in [0.4, 0.5) is 5.69 Å².